The molecule has 2 aromatic carbocycles. The molecule has 0 aromatic heterocycles. The van der Waals surface area contributed by atoms with E-state index >= 15 is 0 Å². The van der Waals surface area contributed by atoms with Crippen LogP contribution in [0.5, 0.6) is 0 Å². The summed E-state index contributed by atoms with van der Waals surface area (Å²) >= 11 is 5.88. The molecule has 0 N–H and O–H groups in total. The largest absolute Gasteiger partial charge is 0.338 e. The summed E-state index contributed by atoms with van der Waals surface area (Å²) in [5.41, 5.74) is 1.66. The first-order chi connectivity index (χ1) is 13.5. The van der Waals surface area contributed by atoms with E-state index < -0.39 is 0 Å². The zero-order chi connectivity index (χ0) is 20.1. The van der Waals surface area contributed by atoms with Crippen molar-refractivity contribution >= 4 is 23.3 Å². The number of carbonyl (C=O) groups is 2. The monoisotopic (exact) mass is 399 g/mol. The molecule has 1 unspecified atom stereocenters. The van der Waals surface area contributed by atoms with E-state index in [1.807, 2.05) is 54.2 Å². The highest BCUT2D eigenvalue weighted by Gasteiger charge is 2.30. The van der Waals surface area contributed by atoms with Crippen LogP contribution in [0.1, 0.15) is 22.0 Å². The molecule has 1 saturated heterocycles. The number of carbonyl (C=O) groups excluding carboxylic acids is 2. The zero-order valence-electron chi connectivity index (χ0n) is 16.3. The number of piperazine rings is 1. The van der Waals surface area contributed by atoms with E-state index in [1.54, 1.807) is 24.3 Å². The van der Waals surface area contributed by atoms with Gasteiger partial charge >= 0.3 is 0 Å². The lowest BCUT2D eigenvalue weighted by atomic mass is 10.0. The van der Waals surface area contributed by atoms with Gasteiger partial charge in [-0.05, 0) is 43.9 Å². The normalized spacial score (nSPS) is 16.2. The summed E-state index contributed by atoms with van der Waals surface area (Å²) in [6.45, 7) is 3.01. The average Bonchev–Trinajstić information content (AvgIpc) is 2.69. The van der Waals surface area contributed by atoms with Crippen molar-refractivity contribution in [1.82, 2.24) is 14.7 Å². The summed E-state index contributed by atoms with van der Waals surface area (Å²) in [6.07, 6.45) is 0. The van der Waals surface area contributed by atoms with Crippen molar-refractivity contribution < 1.29 is 9.59 Å². The summed E-state index contributed by atoms with van der Waals surface area (Å²) in [6, 6.07) is 16.5. The maximum absolute atomic E-state index is 13.1. The standard InChI is InChI=1S/C22H26ClN3O2/c1-24(2)21(18-6-4-3-5-7-18)22(28)26-14-12-25(13-15-26)16-20(27)17-8-10-19(23)11-9-17/h3-11,21H,12-16H2,1-2H3. The van der Waals surface area contributed by atoms with Crippen molar-refractivity contribution in [3.8, 4) is 0 Å². The maximum atomic E-state index is 13.1. The topological polar surface area (TPSA) is 43.9 Å². The molecule has 0 bridgehead atoms. The van der Waals surface area contributed by atoms with Gasteiger partial charge in [0.05, 0.1) is 6.54 Å². The zero-order valence-corrected chi connectivity index (χ0v) is 17.1. The number of Topliss-reactive ketones (excluding diaryl/α,β-unsaturated/α-hetero) is 1. The minimum absolute atomic E-state index is 0.0758. The highest BCUT2D eigenvalue weighted by atomic mass is 35.5. The molecule has 1 amide bonds. The molecular weight excluding hydrogens is 374 g/mol. The van der Waals surface area contributed by atoms with Gasteiger partial charge in [0, 0.05) is 36.8 Å². The third kappa shape index (κ3) is 4.98. The first kappa shape index (κ1) is 20.5. The molecule has 1 aliphatic rings. The van der Waals surface area contributed by atoms with Gasteiger partial charge in [0.1, 0.15) is 6.04 Å². The Morgan fingerprint density at radius 1 is 0.964 bits per heavy atom. The van der Waals surface area contributed by atoms with Crippen molar-refractivity contribution in [3.63, 3.8) is 0 Å². The van der Waals surface area contributed by atoms with Crippen LogP contribution >= 0.6 is 11.6 Å². The highest BCUT2D eigenvalue weighted by molar-refractivity contribution is 6.30. The molecule has 1 aliphatic heterocycles. The first-order valence-corrected chi connectivity index (χ1v) is 9.85. The van der Waals surface area contributed by atoms with Crippen molar-refractivity contribution in [2.24, 2.45) is 0 Å². The van der Waals surface area contributed by atoms with Gasteiger partial charge < -0.3 is 4.90 Å². The van der Waals surface area contributed by atoms with Crippen LogP contribution in [0.2, 0.25) is 5.02 Å². The molecule has 1 heterocycles. The maximum Gasteiger partial charge on any atom is 0.244 e. The predicted molar refractivity (Wildman–Crippen MR) is 112 cm³/mol. The smallest absolute Gasteiger partial charge is 0.244 e. The lowest BCUT2D eigenvalue weighted by Crippen LogP contribution is -2.52. The van der Waals surface area contributed by atoms with Gasteiger partial charge in [0.25, 0.3) is 0 Å². The van der Waals surface area contributed by atoms with Crippen LogP contribution in [0.25, 0.3) is 0 Å². The van der Waals surface area contributed by atoms with Crippen LogP contribution in [0.3, 0.4) is 0 Å². The number of likely N-dealkylation sites (N-methyl/N-ethyl adjacent to an activating group) is 1. The molecule has 6 heteroatoms. The van der Waals surface area contributed by atoms with E-state index in [0.29, 0.717) is 43.3 Å². The van der Waals surface area contributed by atoms with Gasteiger partial charge in [-0.3, -0.25) is 19.4 Å². The van der Waals surface area contributed by atoms with Crippen LogP contribution in [0, 0.1) is 0 Å². The summed E-state index contributed by atoms with van der Waals surface area (Å²) in [4.78, 5) is 31.5. The Morgan fingerprint density at radius 2 is 1.57 bits per heavy atom. The fraction of sp³-hybridized carbons (Fsp3) is 0.364. The highest BCUT2D eigenvalue weighted by Crippen LogP contribution is 2.21. The summed E-state index contributed by atoms with van der Waals surface area (Å²) < 4.78 is 0. The van der Waals surface area contributed by atoms with E-state index in [2.05, 4.69) is 4.90 Å². The number of ketones is 1. The van der Waals surface area contributed by atoms with E-state index in [1.165, 1.54) is 0 Å². The van der Waals surface area contributed by atoms with Crippen molar-refractivity contribution in [2.75, 3.05) is 46.8 Å². The van der Waals surface area contributed by atoms with Crippen LogP contribution < -0.4 is 0 Å². The fourth-order valence-electron chi connectivity index (χ4n) is 3.53. The molecule has 28 heavy (non-hydrogen) atoms. The Morgan fingerprint density at radius 3 is 2.14 bits per heavy atom. The number of hydrogen-bond donors (Lipinski definition) is 0. The van der Waals surface area contributed by atoms with Gasteiger partial charge in [-0.15, -0.1) is 0 Å². The van der Waals surface area contributed by atoms with Crippen LogP contribution in [0.15, 0.2) is 54.6 Å². The third-order valence-electron chi connectivity index (χ3n) is 5.08. The van der Waals surface area contributed by atoms with Crippen LogP contribution in [-0.2, 0) is 4.79 Å². The van der Waals surface area contributed by atoms with E-state index in [9.17, 15) is 9.59 Å². The molecule has 0 radical (unpaired) electrons. The Hall–Kier alpha value is -2.21. The van der Waals surface area contributed by atoms with Crippen LogP contribution in [0.4, 0.5) is 0 Å². The number of halogens is 1. The second-order valence-electron chi connectivity index (χ2n) is 7.31. The number of hydrogen-bond acceptors (Lipinski definition) is 4. The molecule has 0 spiro atoms. The Balaban J connectivity index is 1.57. The quantitative estimate of drug-likeness (QED) is 0.700. The van der Waals surface area contributed by atoms with E-state index in [4.69, 9.17) is 11.6 Å². The number of amides is 1. The van der Waals surface area contributed by atoms with Crippen LogP contribution in [-0.4, -0.2) is 73.2 Å². The van der Waals surface area contributed by atoms with Gasteiger partial charge in [-0.25, -0.2) is 0 Å². The first-order valence-electron chi connectivity index (χ1n) is 9.47. The molecule has 148 valence electrons. The second-order valence-corrected chi connectivity index (χ2v) is 7.74. The summed E-state index contributed by atoms with van der Waals surface area (Å²) in [5.74, 6) is 0.187. The van der Waals surface area contributed by atoms with E-state index in [0.717, 1.165) is 5.56 Å². The Labute approximate surface area is 171 Å². The van der Waals surface area contributed by atoms with Gasteiger partial charge in [-0.2, -0.15) is 0 Å². The lowest BCUT2D eigenvalue weighted by Gasteiger charge is -2.37. The van der Waals surface area contributed by atoms with Gasteiger partial charge in [0.2, 0.25) is 5.91 Å². The van der Waals surface area contributed by atoms with Gasteiger partial charge in [-0.1, -0.05) is 41.9 Å². The molecule has 5 nitrogen and oxygen atoms in total. The molecule has 0 saturated carbocycles. The second kappa shape index (κ2) is 9.32. The average molecular weight is 400 g/mol. The summed E-state index contributed by atoms with van der Waals surface area (Å²) in [5, 5.41) is 0.623. The number of benzene rings is 2. The SMILES string of the molecule is CN(C)C(C(=O)N1CCN(CC(=O)c2ccc(Cl)cc2)CC1)c1ccccc1. The predicted octanol–water partition coefficient (Wildman–Crippen LogP) is 2.97. The Kier molecular flexibility index (Phi) is 6.83. The summed E-state index contributed by atoms with van der Waals surface area (Å²) in [7, 11) is 3.85. The van der Waals surface area contributed by atoms with Crippen molar-refractivity contribution in [1.29, 1.82) is 0 Å². The number of nitrogens with zero attached hydrogens (tertiary/aromatic N) is 3. The minimum atomic E-state index is -0.288. The van der Waals surface area contributed by atoms with Gasteiger partial charge in [0.15, 0.2) is 5.78 Å². The fourth-order valence-corrected chi connectivity index (χ4v) is 3.65. The lowest BCUT2D eigenvalue weighted by molar-refractivity contribution is -0.138. The molecule has 1 atom stereocenters. The molecule has 3 rings (SSSR count). The van der Waals surface area contributed by atoms with Crippen molar-refractivity contribution in [3.05, 3.63) is 70.7 Å². The molecular formula is C22H26ClN3O2. The minimum Gasteiger partial charge on any atom is -0.338 e. The van der Waals surface area contributed by atoms with E-state index in [-0.39, 0.29) is 17.7 Å². The Bertz CT molecular complexity index is 800. The third-order valence-corrected chi connectivity index (χ3v) is 5.33. The molecule has 2 aromatic rings. The molecule has 0 aliphatic carbocycles. The number of rotatable bonds is 6. The molecule has 1 fully saturated rings. The van der Waals surface area contributed by atoms with Crippen molar-refractivity contribution in [2.45, 2.75) is 6.04 Å².